The number of aliphatic hydroxyl groups excluding tert-OH is 2. The molecule has 4 atom stereocenters. The minimum Gasteiger partial charge on any atom is -0.396 e. The van der Waals surface area contributed by atoms with E-state index in [1.54, 1.807) is 0 Å². The van der Waals surface area contributed by atoms with E-state index in [1.807, 2.05) is 0 Å². The lowest BCUT2D eigenvalue weighted by Gasteiger charge is -2.43. The largest absolute Gasteiger partial charge is 0.396 e. The van der Waals surface area contributed by atoms with Crippen molar-refractivity contribution < 1.29 is 10.2 Å². The van der Waals surface area contributed by atoms with Crippen molar-refractivity contribution in [1.29, 1.82) is 0 Å². The molecule has 2 aliphatic rings. The highest BCUT2D eigenvalue weighted by Crippen LogP contribution is 2.54. The minimum absolute atomic E-state index is 0.136. The lowest BCUT2D eigenvalue weighted by Crippen LogP contribution is -2.39. The first-order valence-electron chi connectivity index (χ1n) is 6.09. The second-order valence-corrected chi connectivity index (χ2v) is 5.46. The molecular formula is C13H22O2. The van der Waals surface area contributed by atoms with Crippen LogP contribution in [0.3, 0.4) is 0 Å². The lowest BCUT2D eigenvalue weighted by molar-refractivity contribution is 0.00652. The van der Waals surface area contributed by atoms with Crippen LogP contribution in [0.15, 0.2) is 11.6 Å². The van der Waals surface area contributed by atoms with E-state index in [0.29, 0.717) is 5.92 Å². The number of fused-ring (bicyclic) bond motifs is 1. The number of hydrogen-bond acceptors (Lipinski definition) is 2. The Morgan fingerprint density at radius 2 is 2.33 bits per heavy atom. The van der Waals surface area contributed by atoms with Crippen LogP contribution >= 0.6 is 0 Å². The summed E-state index contributed by atoms with van der Waals surface area (Å²) >= 11 is 0. The van der Waals surface area contributed by atoms with Gasteiger partial charge in [0.2, 0.25) is 0 Å². The predicted molar refractivity (Wildman–Crippen MR) is 60.4 cm³/mol. The Morgan fingerprint density at radius 3 is 3.00 bits per heavy atom. The van der Waals surface area contributed by atoms with Crippen molar-refractivity contribution >= 4 is 0 Å². The van der Waals surface area contributed by atoms with Crippen molar-refractivity contribution in [2.24, 2.45) is 17.3 Å². The van der Waals surface area contributed by atoms with Gasteiger partial charge in [0.15, 0.2) is 0 Å². The van der Waals surface area contributed by atoms with Gasteiger partial charge in [-0.2, -0.15) is 0 Å². The number of aliphatic hydroxyl groups is 2. The fraction of sp³-hybridized carbons (Fsp3) is 0.846. The standard InChI is InChI=1S/C13H22O2/c1-9(8-14)10-5-6-11-12(15)4-3-7-13(10,11)2/h5,9,11-12,14-15H,3-4,6-8H2,1-2H3. The molecule has 0 aliphatic heterocycles. The van der Waals surface area contributed by atoms with Crippen molar-refractivity contribution in [3.63, 3.8) is 0 Å². The molecule has 0 aromatic carbocycles. The highest BCUT2D eigenvalue weighted by Gasteiger charge is 2.47. The van der Waals surface area contributed by atoms with E-state index in [2.05, 4.69) is 19.9 Å². The van der Waals surface area contributed by atoms with E-state index < -0.39 is 0 Å². The Labute approximate surface area is 92.0 Å². The Morgan fingerprint density at radius 1 is 1.60 bits per heavy atom. The van der Waals surface area contributed by atoms with Gasteiger partial charge in [-0.3, -0.25) is 0 Å². The van der Waals surface area contributed by atoms with Crippen LogP contribution in [-0.4, -0.2) is 22.9 Å². The molecule has 1 fully saturated rings. The van der Waals surface area contributed by atoms with Gasteiger partial charge in [-0.1, -0.05) is 25.5 Å². The van der Waals surface area contributed by atoms with E-state index >= 15 is 0 Å². The molecule has 2 rings (SSSR count). The maximum absolute atomic E-state index is 10.0. The van der Waals surface area contributed by atoms with Crippen LogP contribution in [-0.2, 0) is 0 Å². The fourth-order valence-electron chi connectivity index (χ4n) is 3.61. The van der Waals surface area contributed by atoms with E-state index in [0.717, 1.165) is 19.3 Å². The van der Waals surface area contributed by atoms with Crippen molar-refractivity contribution in [3.05, 3.63) is 11.6 Å². The minimum atomic E-state index is -0.136. The van der Waals surface area contributed by atoms with Gasteiger partial charge >= 0.3 is 0 Å². The zero-order valence-electron chi connectivity index (χ0n) is 9.74. The summed E-state index contributed by atoms with van der Waals surface area (Å²) in [6.07, 6.45) is 6.37. The molecule has 0 heterocycles. The third-order valence-electron chi connectivity index (χ3n) is 4.53. The number of hydrogen-bond donors (Lipinski definition) is 2. The summed E-state index contributed by atoms with van der Waals surface area (Å²) < 4.78 is 0. The average molecular weight is 210 g/mol. The molecule has 86 valence electrons. The summed E-state index contributed by atoms with van der Waals surface area (Å²) in [5, 5.41) is 19.3. The van der Waals surface area contributed by atoms with E-state index in [-0.39, 0.29) is 24.0 Å². The highest BCUT2D eigenvalue weighted by atomic mass is 16.3. The second kappa shape index (κ2) is 3.91. The van der Waals surface area contributed by atoms with Crippen molar-refractivity contribution in [2.75, 3.05) is 6.61 Å². The van der Waals surface area contributed by atoms with Crippen LogP contribution < -0.4 is 0 Å². The molecule has 2 aliphatic carbocycles. The zero-order valence-corrected chi connectivity index (χ0v) is 9.74. The van der Waals surface area contributed by atoms with Crippen molar-refractivity contribution in [3.8, 4) is 0 Å². The van der Waals surface area contributed by atoms with Crippen LogP contribution in [0.1, 0.15) is 39.5 Å². The summed E-state index contributed by atoms with van der Waals surface area (Å²) in [5.41, 5.74) is 1.54. The molecule has 2 heteroatoms. The molecule has 4 unspecified atom stereocenters. The van der Waals surface area contributed by atoms with Gasteiger partial charge in [0, 0.05) is 12.5 Å². The van der Waals surface area contributed by atoms with Gasteiger partial charge in [-0.25, -0.2) is 0 Å². The van der Waals surface area contributed by atoms with E-state index in [9.17, 15) is 10.2 Å². The molecule has 15 heavy (non-hydrogen) atoms. The fourth-order valence-corrected chi connectivity index (χ4v) is 3.61. The maximum Gasteiger partial charge on any atom is 0.0579 e. The quantitative estimate of drug-likeness (QED) is 0.685. The summed E-state index contributed by atoms with van der Waals surface area (Å²) in [5.74, 6) is 0.653. The topological polar surface area (TPSA) is 40.5 Å². The van der Waals surface area contributed by atoms with Gasteiger partial charge in [-0.15, -0.1) is 0 Å². The van der Waals surface area contributed by atoms with Gasteiger partial charge in [0.05, 0.1) is 6.10 Å². The average Bonchev–Trinajstić information content (AvgIpc) is 2.56. The van der Waals surface area contributed by atoms with Crippen molar-refractivity contribution in [1.82, 2.24) is 0 Å². The van der Waals surface area contributed by atoms with Crippen LogP contribution in [0, 0.1) is 17.3 Å². The third-order valence-corrected chi connectivity index (χ3v) is 4.53. The van der Waals surface area contributed by atoms with E-state index in [4.69, 9.17) is 0 Å². The molecule has 0 amide bonds. The Balaban J connectivity index is 2.22. The molecular weight excluding hydrogens is 188 g/mol. The Bertz CT molecular complexity index is 272. The molecule has 0 bridgehead atoms. The molecule has 2 N–H and O–H groups in total. The van der Waals surface area contributed by atoms with Gasteiger partial charge in [0.1, 0.15) is 0 Å². The molecule has 0 aromatic rings. The summed E-state index contributed by atoms with van der Waals surface area (Å²) in [4.78, 5) is 0. The van der Waals surface area contributed by atoms with Gasteiger partial charge in [-0.05, 0) is 37.0 Å². The summed E-state index contributed by atoms with van der Waals surface area (Å²) in [7, 11) is 0. The van der Waals surface area contributed by atoms with Crippen LogP contribution in [0.2, 0.25) is 0 Å². The lowest BCUT2D eigenvalue weighted by atomic mass is 9.63. The van der Waals surface area contributed by atoms with Crippen LogP contribution in [0.4, 0.5) is 0 Å². The summed E-state index contributed by atoms with van der Waals surface area (Å²) in [6.45, 7) is 4.58. The predicted octanol–water partition coefficient (Wildman–Crippen LogP) is 2.11. The number of rotatable bonds is 2. The first-order chi connectivity index (χ1) is 7.09. The molecule has 2 nitrogen and oxygen atoms in total. The van der Waals surface area contributed by atoms with Crippen LogP contribution in [0.25, 0.3) is 0 Å². The monoisotopic (exact) mass is 210 g/mol. The molecule has 1 saturated carbocycles. The highest BCUT2D eigenvalue weighted by molar-refractivity contribution is 5.26. The molecule has 0 aromatic heterocycles. The van der Waals surface area contributed by atoms with Gasteiger partial charge in [0.25, 0.3) is 0 Å². The zero-order chi connectivity index (χ0) is 11.1. The first kappa shape index (κ1) is 11.2. The number of allylic oxidation sites excluding steroid dienone is 1. The van der Waals surface area contributed by atoms with E-state index in [1.165, 1.54) is 12.0 Å². The normalized spacial score (nSPS) is 42.3. The summed E-state index contributed by atoms with van der Waals surface area (Å²) in [6, 6.07) is 0. The Kier molecular flexibility index (Phi) is 2.91. The molecule has 0 spiro atoms. The van der Waals surface area contributed by atoms with Gasteiger partial charge < -0.3 is 10.2 Å². The first-order valence-corrected chi connectivity index (χ1v) is 6.09. The SMILES string of the molecule is CC(CO)C1=CCC2C(O)CCCC12C. The van der Waals surface area contributed by atoms with Crippen molar-refractivity contribution in [2.45, 2.75) is 45.6 Å². The third kappa shape index (κ3) is 1.64. The Hall–Kier alpha value is -0.340. The molecule has 0 radical (unpaired) electrons. The smallest absolute Gasteiger partial charge is 0.0579 e. The second-order valence-electron chi connectivity index (χ2n) is 5.46. The molecule has 0 saturated heterocycles. The van der Waals surface area contributed by atoms with Crippen LogP contribution in [0.5, 0.6) is 0 Å². The maximum atomic E-state index is 10.0.